The van der Waals surface area contributed by atoms with Crippen LogP contribution in [0.4, 0.5) is 0 Å². The Bertz CT molecular complexity index is 136. The summed E-state index contributed by atoms with van der Waals surface area (Å²) in [5.41, 5.74) is 0. The molecule has 0 saturated heterocycles. The van der Waals surface area contributed by atoms with Gasteiger partial charge in [-0.3, -0.25) is 4.79 Å². The highest BCUT2D eigenvalue weighted by molar-refractivity contribution is 5.73. The first kappa shape index (κ1) is 7.32. The second-order valence-corrected chi connectivity index (χ2v) is 2.55. The maximum atomic E-state index is 10.9. The summed E-state index contributed by atoms with van der Waals surface area (Å²) in [6.07, 6.45) is 4.79. The van der Waals surface area contributed by atoms with E-state index in [1.807, 2.05) is 0 Å². The van der Waals surface area contributed by atoms with Crippen LogP contribution < -0.4 is 0 Å². The van der Waals surface area contributed by atoms with Crippen LogP contribution in [0.1, 0.15) is 19.3 Å². The lowest BCUT2D eigenvalue weighted by Gasteiger charge is -2.22. The van der Waals surface area contributed by atoms with E-state index in [1.165, 1.54) is 6.42 Å². The molecule has 1 saturated carbocycles. The second-order valence-electron chi connectivity index (χ2n) is 2.55. The number of hydrogen-bond acceptors (Lipinski definition) is 2. The molecule has 1 aliphatic rings. The number of rotatable bonds is 3. The fourth-order valence-corrected chi connectivity index (χ4v) is 0.903. The zero-order chi connectivity index (χ0) is 7.40. The Kier molecular flexibility index (Phi) is 2.49. The van der Waals surface area contributed by atoms with E-state index in [-0.39, 0.29) is 11.9 Å². The predicted molar refractivity (Wildman–Crippen MR) is 38.5 cm³/mol. The van der Waals surface area contributed by atoms with Crippen LogP contribution >= 0.6 is 0 Å². The van der Waals surface area contributed by atoms with Crippen LogP contribution in [-0.4, -0.2) is 12.6 Å². The van der Waals surface area contributed by atoms with E-state index in [1.54, 1.807) is 6.08 Å². The molecule has 2 nitrogen and oxygen atoms in total. The van der Waals surface area contributed by atoms with Crippen molar-refractivity contribution in [2.45, 2.75) is 19.3 Å². The topological polar surface area (TPSA) is 26.3 Å². The van der Waals surface area contributed by atoms with Crippen LogP contribution in [0.2, 0.25) is 0 Å². The Morgan fingerprint density at radius 3 is 2.80 bits per heavy atom. The number of carbonyl (C=O) groups excluding carboxylic acids is 1. The smallest absolute Gasteiger partial charge is 0.309 e. The third kappa shape index (κ3) is 1.59. The molecule has 56 valence electrons. The first-order valence-corrected chi connectivity index (χ1v) is 3.62. The van der Waals surface area contributed by atoms with E-state index >= 15 is 0 Å². The van der Waals surface area contributed by atoms with Crippen molar-refractivity contribution in [2.24, 2.45) is 5.92 Å². The molecular formula is C8H12O2. The summed E-state index contributed by atoms with van der Waals surface area (Å²) >= 11 is 0. The van der Waals surface area contributed by atoms with Crippen molar-refractivity contribution in [2.75, 3.05) is 6.61 Å². The lowest BCUT2D eigenvalue weighted by atomic mass is 9.86. The van der Waals surface area contributed by atoms with Crippen LogP contribution in [0.5, 0.6) is 0 Å². The number of carbonyl (C=O) groups is 1. The van der Waals surface area contributed by atoms with Gasteiger partial charge in [-0.2, -0.15) is 0 Å². The molecular weight excluding hydrogens is 128 g/mol. The summed E-state index contributed by atoms with van der Waals surface area (Å²) in [5, 5.41) is 0. The minimum atomic E-state index is -0.0499. The van der Waals surface area contributed by atoms with E-state index in [9.17, 15) is 4.79 Å². The normalized spacial score (nSPS) is 17.6. The summed E-state index contributed by atoms with van der Waals surface area (Å²) in [7, 11) is 0. The van der Waals surface area contributed by atoms with Crippen LogP contribution in [0, 0.1) is 5.92 Å². The van der Waals surface area contributed by atoms with Gasteiger partial charge in [0.15, 0.2) is 0 Å². The summed E-state index contributed by atoms with van der Waals surface area (Å²) in [6, 6.07) is 0. The number of esters is 1. The molecule has 1 rings (SSSR count). The van der Waals surface area contributed by atoms with Gasteiger partial charge >= 0.3 is 5.97 Å². The maximum Gasteiger partial charge on any atom is 0.309 e. The van der Waals surface area contributed by atoms with Crippen molar-refractivity contribution < 1.29 is 9.53 Å². The molecule has 0 spiro atoms. The molecule has 0 radical (unpaired) electrons. The summed E-state index contributed by atoms with van der Waals surface area (Å²) < 4.78 is 4.84. The Hall–Kier alpha value is -0.790. The van der Waals surface area contributed by atoms with Gasteiger partial charge in [0.05, 0.1) is 5.92 Å². The molecule has 0 unspecified atom stereocenters. The summed E-state index contributed by atoms with van der Waals surface area (Å²) in [6.45, 7) is 3.82. The summed E-state index contributed by atoms with van der Waals surface area (Å²) in [5.74, 6) is 0.145. The van der Waals surface area contributed by atoms with E-state index in [2.05, 4.69) is 6.58 Å². The summed E-state index contributed by atoms with van der Waals surface area (Å²) in [4.78, 5) is 10.9. The van der Waals surface area contributed by atoms with Crippen molar-refractivity contribution in [3.05, 3.63) is 12.7 Å². The van der Waals surface area contributed by atoms with Gasteiger partial charge in [-0.15, -0.1) is 0 Å². The number of ether oxygens (including phenoxy) is 1. The van der Waals surface area contributed by atoms with E-state index in [0.29, 0.717) is 6.61 Å². The van der Waals surface area contributed by atoms with Gasteiger partial charge in [0.1, 0.15) is 6.61 Å². The van der Waals surface area contributed by atoms with Crippen LogP contribution in [0.25, 0.3) is 0 Å². The third-order valence-electron chi connectivity index (χ3n) is 1.78. The molecule has 10 heavy (non-hydrogen) atoms. The molecule has 1 aliphatic carbocycles. The minimum absolute atomic E-state index is 0.0499. The molecule has 0 aromatic rings. The van der Waals surface area contributed by atoms with Crippen LogP contribution in [-0.2, 0) is 9.53 Å². The van der Waals surface area contributed by atoms with Crippen molar-refractivity contribution >= 4 is 5.97 Å². The molecule has 2 heteroatoms. The van der Waals surface area contributed by atoms with E-state index in [4.69, 9.17) is 4.74 Å². The van der Waals surface area contributed by atoms with E-state index in [0.717, 1.165) is 12.8 Å². The second kappa shape index (κ2) is 3.40. The molecule has 0 N–H and O–H groups in total. The van der Waals surface area contributed by atoms with Gasteiger partial charge in [-0.25, -0.2) is 0 Å². The highest BCUT2D eigenvalue weighted by Gasteiger charge is 2.25. The fourth-order valence-electron chi connectivity index (χ4n) is 0.903. The van der Waals surface area contributed by atoms with Crippen molar-refractivity contribution in [1.29, 1.82) is 0 Å². The first-order valence-electron chi connectivity index (χ1n) is 3.62. The van der Waals surface area contributed by atoms with E-state index < -0.39 is 0 Å². The van der Waals surface area contributed by atoms with Gasteiger partial charge in [-0.1, -0.05) is 19.1 Å². The Morgan fingerprint density at radius 2 is 2.40 bits per heavy atom. The molecule has 1 fully saturated rings. The van der Waals surface area contributed by atoms with Crippen molar-refractivity contribution in [3.8, 4) is 0 Å². The molecule has 0 heterocycles. The minimum Gasteiger partial charge on any atom is -0.461 e. The highest BCUT2D eigenvalue weighted by atomic mass is 16.5. The lowest BCUT2D eigenvalue weighted by molar-refractivity contribution is -0.150. The zero-order valence-corrected chi connectivity index (χ0v) is 6.01. The average Bonchev–Trinajstić information content (AvgIpc) is 1.79. The Labute approximate surface area is 60.9 Å². The largest absolute Gasteiger partial charge is 0.461 e. The molecule has 0 atom stereocenters. The molecule has 0 amide bonds. The Balaban J connectivity index is 2.13. The fraction of sp³-hybridized carbons (Fsp3) is 0.625. The predicted octanol–water partition coefficient (Wildman–Crippen LogP) is 1.52. The Morgan fingerprint density at radius 1 is 1.70 bits per heavy atom. The zero-order valence-electron chi connectivity index (χ0n) is 6.01. The molecule has 0 aromatic heterocycles. The molecule has 0 aliphatic heterocycles. The first-order chi connectivity index (χ1) is 4.84. The standard InChI is InChI=1S/C8H12O2/c1-2-6-10-8(9)7-4-3-5-7/h2,7H,1,3-6H2. The monoisotopic (exact) mass is 140 g/mol. The van der Waals surface area contributed by atoms with Crippen molar-refractivity contribution in [3.63, 3.8) is 0 Å². The SMILES string of the molecule is C=CCOC(=O)C1CCC1. The maximum absolute atomic E-state index is 10.9. The van der Waals surface area contributed by atoms with Gasteiger partial charge in [0.2, 0.25) is 0 Å². The van der Waals surface area contributed by atoms with Gasteiger partial charge in [0, 0.05) is 0 Å². The van der Waals surface area contributed by atoms with Gasteiger partial charge in [-0.05, 0) is 12.8 Å². The quantitative estimate of drug-likeness (QED) is 0.439. The highest BCUT2D eigenvalue weighted by Crippen LogP contribution is 2.27. The molecule has 0 bridgehead atoms. The van der Waals surface area contributed by atoms with Crippen molar-refractivity contribution in [1.82, 2.24) is 0 Å². The molecule has 0 aromatic carbocycles. The average molecular weight is 140 g/mol. The number of hydrogen-bond donors (Lipinski definition) is 0. The van der Waals surface area contributed by atoms with Crippen LogP contribution in [0.15, 0.2) is 12.7 Å². The van der Waals surface area contributed by atoms with Gasteiger partial charge in [0.25, 0.3) is 0 Å². The lowest BCUT2D eigenvalue weighted by Crippen LogP contribution is -2.24. The third-order valence-corrected chi connectivity index (χ3v) is 1.78. The van der Waals surface area contributed by atoms with Gasteiger partial charge < -0.3 is 4.74 Å². The van der Waals surface area contributed by atoms with Crippen LogP contribution in [0.3, 0.4) is 0 Å².